The van der Waals surface area contributed by atoms with Gasteiger partial charge in [0.05, 0.1) is 0 Å². The first-order chi connectivity index (χ1) is 6.01. The van der Waals surface area contributed by atoms with Crippen molar-refractivity contribution in [2.75, 3.05) is 0 Å². The van der Waals surface area contributed by atoms with Crippen LogP contribution in [0.3, 0.4) is 0 Å². The van der Waals surface area contributed by atoms with Crippen LogP contribution in [0.5, 0.6) is 0 Å². The minimum atomic E-state index is -5.39. The van der Waals surface area contributed by atoms with Gasteiger partial charge in [-0.15, -0.1) is 0 Å². The molecule has 0 radical (unpaired) electrons. The van der Waals surface area contributed by atoms with Gasteiger partial charge >= 0.3 is 12.0 Å². The van der Waals surface area contributed by atoms with Gasteiger partial charge in [0.2, 0.25) is 11.7 Å². The van der Waals surface area contributed by atoms with Crippen LogP contribution in [0, 0.1) is 0 Å². The van der Waals surface area contributed by atoms with E-state index in [1.807, 2.05) is 0 Å². The molecule has 0 aliphatic carbocycles. The molecule has 1 N–H and O–H groups in total. The smallest absolute Gasteiger partial charge is 0.330 e. The van der Waals surface area contributed by atoms with Crippen LogP contribution in [0.15, 0.2) is 11.7 Å². The van der Waals surface area contributed by atoms with E-state index in [1.165, 1.54) is 0 Å². The average Bonchev–Trinajstić information content (AvgIpc) is 1.99. The predicted octanol–water partition coefficient (Wildman–Crippen LogP) is 2.72. The first-order valence-corrected chi connectivity index (χ1v) is 3.19. The highest BCUT2D eigenvalue weighted by molar-refractivity contribution is 5.14. The van der Waals surface area contributed by atoms with Crippen LogP contribution >= 0.6 is 0 Å². The van der Waals surface area contributed by atoms with Gasteiger partial charge in [-0.1, -0.05) is 0 Å². The maximum Gasteiger partial charge on any atom is 0.409 e. The molecule has 0 aliphatic rings. The molecule has 0 amide bonds. The number of halogens is 7. The van der Waals surface area contributed by atoms with E-state index in [2.05, 4.69) is 0 Å². The molecule has 1 nitrogen and oxygen atoms in total. The third-order valence-corrected chi connectivity index (χ3v) is 1.25. The molecular formula is C6H5F7O. The fourth-order valence-corrected chi connectivity index (χ4v) is 0.453. The van der Waals surface area contributed by atoms with Crippen molar-refractivity contribution in [2.45, 2.75) is 25.1 Å². The second-order valence-corrected chi connectivity index (χ2v) is 2.41. The Labute approximate surface area is 73.8 Å². The van der Waals surface area contributed by atoms with E-state index in [1.54, 1.807) is 0 Å². The number of hydrogen-bond donors (Lipinski definition) is 1. The van der Waals surface area contributed by atoms with Crippen LogP contribution in [0.2, 0.25) is 0 Å². The Morgan fingerprint density at radius 2 is 1.43 bits per heavy atom. The molecule has 0 aromatic rings. The molecule has 0 bridgehead atoms. The minimum absolute atomic E-state index is 0.155. The summed E-state index contributed by atoms with van der Waals surface area (Å²) < 4.78 is 83.8. The lowest BCUT2D eigenvalue weighted by molar-refractivity contribution is -0.184. The predicted molar refractivity (Wildman–Crippen MR) is 31.9 cm³/mol. The van der Waals surface area contributed by atoms with E-state index >= 15 is 0 Å². The van der Waals surface area contributed by atoms with Crippen molar-refractivity contribution in [3.8, 4) is 0 Å². The molecule has 84 valence electrons. The lowest BCUT2D eigenvalue weighted by Gasteiger charge is -2.17. The van der Waals surface area contributed by atoms with Gasteiger partial charge in [-0.3, -0.25) is 0 Å². The standard InChI is InChI=1S/C6H5F7O/c1-2(7)5(10,11)3(8)4(9)6(12,13)14/h2,14H,1H3/b4-3+. The van der Waals surface area contributed by atoms with Crippen molar-refractivity contribution in [3.05, 3.63) is 11.7 Å². The minimum Gasteiger partial charge on any atom is -0.330 e. The summed E-state index contributed by atoms with van der Waals surface area (Å²) in [6.07, 6.45) is -8.59. The molecule has 0 saturated heterocycles. The number of rotatable bonds is 3. The molecule has 0 spiro atoms. The van der Waals surface area contributed by atoms with Gasteiger partial charge in [-0.2, -0.15) is 22.0 Å². The van der Waals surface area contributed by atoms with Crippen molar-refractivity contribution in [1.29, 1.82) is 0 Å². The van der Waals surface area contributed by atoms with Crippen LogP contribution < -0.4 is 0 Å². The monoisotopic (exact) mass is 226 g/mol. The second-order valence-electron chi connectivity index (χ2n) is 2.41. The Bertz CT molecular complexity index is 239. The summed E-state index contributed by atoms with van der Waals surface area (Å²) in [4.78, 5) is 0. The molecule has 14 heavy (non-hydrogen) atoms. The van der Waals surface area contributed by atoms with E-state index in [0.717, 1.165) is 0 Å². The van der Waals surface area contributed by atoms with Crippen LogP contribution in [-0.2, 0) is 0 Å². The Morgan fingerprint density at radius 1 is 1.07 bits per heavy atom. The molecule has 0 rings (SSSR count). The summed E-state index contributed by atoms with van der Waals surface area (Å²) in [7, 11) is 0. The molecule has 0 saturated carbocycles. The van der Waals surface area contributed by atoms with Crippen molar-refractivity contribution < 1.29 is 35.8 Å². The summed E-state index contributed by atoms with van der Waals surface area (Å²) >= 11 is 0. The highest BCUT2D eigenvalue weighted by Crippen LogP contribution is 2.37. The van der Waals surface area contributed by atoms with Gasteiger partial charge in [0.15, 0.2) is 6.17 Å². The Kier molecular flexibility index (Phi) is 3.54. The maximum atomic E-state index is 12.2. The Morgan fingerprint density at radius 3 is 1.64 bits per heavy atom. The fraction of sp³-hybridized carbons (Fsp3) is 0.667. The SMILES string of the molecule is CC(F)C(F)(F)/C(F)=C(\F)C(O)(F)F. The average molecular weight is 226 g/mol. The van der Waals surface area contributed by atoms with E-state index in [-0.39, 0.29) is 6.92 Å². The molecule has 1 atom stereocenters. The number of hydrogen-bond acceptors (Lipinski definition) is 1. The lowest BCUT2D eigenvalue weighted by Crippen LogP contribution is -2.31. The quantitative estimate of drug-likeness (QED) is 0.733. The van der Waals surface area contributed by atoms with Gasteiger partial charge in [0.1, 0.15) is 0 Å². The molecule has 0 aliphatic heterocycles. The van der Waals surface area contributed by atoms with Gasteiger partial charge in [-0.05, 0) is 6.92 Å². The van der Waals surface area contributed by atoms with Crippen LogP contribution in [-0.4, -0.2) is 23.3 Å². The lowest BCUT2D eigenvalue weighted by atomic mass is 10.2. The second kappa shape index (κ2) is 3.76. The van der Waals surface area contributed by atoms with Gasteiger partial charge < -0.3 is 5.11 Å². The zero-order valence-electron chi connectivity index (χ0n) is 6.67. The van der Waals surface area contributed by atoms with E-state index < -0.39 is 29.9 Å². The Hall–Kier alpha value is -0.790. The van der Waals surface area contributed by atoms with Crippen molar-refractivity contribution >= 4 is 0 Å². The van der Waals surface area contributed by atoms with Crippen molar-refractivity contribution in [2.24, 2.45) is 0 Å². The zero-order chi connectivity index (χ0) is 11.7. The van der Waals surface area contributed by atoms with Crippen molar-refractivity contribution in [1.82, 2.24) is 0 Å². The first-order valence-electron chi connectivity index (χ1n) is 3.19. The number of aliphatic hydroxyl groups is 1. The highest BCUT2D eigenvalue weighted by Gasteiger charge is 2.49. The molecule has 1 unspecified atom stereocenters. The number of allylic oxidation sites excluding steroid dienone is 1. The summed E-state index contributed by atoms with van der Waals surface area (Å²) in [5.41, 5.74) is 0. The molecule has 0 fully saturated rings. The molecule has 0 heterocycles. The summed E-state index contributed by atoms with van der Waals surface area (Å²) in [5.74, 6) is -11.7. The van der Waals surface area contributed by atoms with E-state index in [0.29, 0.717) is 0 Å². The van der Waals surface area contributed by atoms with Gasteiger partial charge in [-0.25, -0.2) is 8.78 Å². The fourth-order valence-electron chi connectivity index (χ4n) is 0.453. The normalized spacial score (nSPS) is 17.8. The molecule has 8 heteroatoms. The maximum absolute atomic E-state index is 12.2. The molecule has 0 aromatic heterocycles. The van der Waals surface area contributed by atoms with Gasteiger partial charge in [0, 0.05) is 0 Å². The van der Waals surface area contributed by atoms with Crippen LogP contribution in [0.4, 0.5) is 30.7 Å². The zero-order valence-corrected chi connectivity index (χ0v) is 6.67. The highest BCUT2D eigenvalue weighted by atomic mass is 19.3. The third kappa shape index (κ3) is 2.60. The third-order valence-electron chi connectivity index (χ3n) is 1.25. The van der Waals surface area contributed by atoms with Gasteiger partial charge in [0.25, 0.3) is 0 Å². The largest absolute Gasteiger partial charge is 0.409 e. The Balaban J connectivity index is 5.21. The summed E-state index contributed by atoms with van der Waals surface area (Å²) in [6, 6.07) is 0. The first kappa shape index (κ1) is 13.2. The summed E-state index contributed by atoms with van der Waals surface area (Å²) in [5, 5.41) is 7.54. The van der Waals surface area contributed by atoms with Crippen LogP contribution in [0.25, 0.3) is 0 Å². The van der Waals surface area contributed by atoms with E-state index in [4.69, 9.17) is 5.11 Å². The van der Waals surface area contributed by atoms with Crippen LogP contribution in [0.1, 0.15) is 6.92 Å². The molecular weight excluding hydrogens is 221 g/mol. The number of alkyl halides is 5. The van der Waals surface area contributed by atoms with Crippen molar-refractivity contribution in [3.63, 3.8) is 0 Å². The topological polar surface area (TPSA) is 20.2 Å². The summed E-state index contributed by atoms with van der Waals surface area (Å²) in [6.45, 7) is 0.155. The molecule has 0 aromatic carbocycles. The van der Waals surface area contributed by atoms with E-state index in [9.17, 15) is 30.7 Å².